The first-order chi connectivity index (χ1) is 14.7. The van der Waals surface area contributed by atoms with Crippen molar-refractivity contribution in [1.82, 2.24) is 5.16 Å². The van der Waals surface area contributed by atoms with Crippen LogP contribution >= 0.6 is 11.3 Å². The zero-order valence-electron chi connectivity index (χ0n) is 17.3. The van der Waals surface area contributed by atoms with Gasteiger partial charge in [0.2, 0.25) is 5.91 Å². The highest BCUT2D eigenvalue weighted by molar-refractivity contribution is 7.94. The maximum Gasteiger partial charge on any atom is 0.271 e. The van der Waals surface area contributed by atoms with Crippen LogP contribution in [0.4, 0.5) is 11.4 Å². The number of benzene rings is 1. The number of ether oxygens (including phenoxy) is 2. The minimum absolute atomic E-state index is 0.118. The van der Waals surface area contributed by atoms with Crippen LogP contribution in [-0.4, -0.2) is 33.7 Å². The molecule has 164 valence electrons. The Morgan fingerprint density at radius 1 is 1.16 bits per heavy atom. The average Bonchev–Trinajstić information content (AvgIpc) is 3.34. The summed E-state index contributed by atoms with van der Waals surface area (Å²) in [6.45, 7) is 3.10. The predicted molar refractivity (Wildman–Crippen MR) is 119 cm³/mol. The Bertz CT molecular complexity index is 1230. The second-order valence-corrected chi connectivity index (χ2v) is 9.37. The summed E-state index contributed by atoms with van der Waals surface area (Å²) in [7, 11) is -0.903. The van der Waals surface area contributed by atoms with Gasteiger partial charge in [0, 0.05) is 17.9 Å². The number of sulfonamides is 1. The molecule has 0 fully saturated rings. The predicted octanol–water partition coefficient (Wildman–Crippen LogP) is 3.99. The molecule has 0 bridgehead atoms. The molecule has 0 unspecified atom stereocenters. The summed E-state index contributed by atoms with van der Waals surface area (Å²) in [5.74, 6) is 0.979. The fraction of sp³-hybridized carbons (Fsp3) is 0.200. The molecule has 2 aromatic heterocycles. The number of rotatable bonds is 8. The lowest BCUT2D eigenvalue weighted by atomic mass is 10.2. The molecule has 3 aromatic rings. The van der Waals surface area contributed by atoms with Crippen molar-refractivity contribution < 1.29 is 27.2 Å². The van der Waals surface area contributed by atoms with Gasteiger partial charge in [0.25, 0.3) is 10.0 Å². The van der Waals surface area contributed by atoms with E-state index in [-0.39, 0.29) is 15.8 Å². The first kappa shape index (κ1) is 22.4. The standard InChI is InChI=1S/C20H21N3O6S2/c1-12-20(21-13(2)24)18(29-22-12)9-6-15-7-10-19(30-15)31(25,26)23-16-11-14(27-3)5-8-17(16)28-4/h5-11,23H,1-4H3,(H,21,24)/b9-6+. The molecular weight excluding hydrogens is 442 g/mol. The van der Waals surface area contributed by atoms with Crippen molar-refractivity contribution in [2.24, 2.45) is 0 Å². The van der Waals surface area contributed by atoms with Crippen molar-refractivity contribution in [3.63, 3.8) is 0 Å². The van der Waals surface area contributed by atoms with E-state index in [1.807, 2.05) is 0 Å². The molecule has 0 saturated carbocycles. The Balaban J connectivity index is 1.82. The van der Waals surface area contributed by atoms with Crippen LogP contribution in [0.3, 0.4) is 0 Å². The van der Waals surface area contributed by atoms with E-state index >= 15 is 0 Å². The van der Waals surface area contributed by atoms with Crippen LogP contribution in [0.5, 0.6) is 11.5 Å². The number of aromatic nitrogens is 1. The highest BCUT2D eigenvalue weighted by Gasteiger charge is 2.19. The smallest absolute Gasteiger partial charge is 0.271 e. The van der Waals surface area contributed by atoms with Crippen molar-refractivity contribution in [3.8, 4) is 11.5 Å². The fourth-order valence-corrected chi connectivity index (χ4v) is 4.93. The first-order valence-electron chi connectivity index (χ1n) is 9.00. The molecule has 31 heavy (non-hydrogen) atoms. The molecule has 0 aliphatic rings. The third kappa shape index (κ3) is 5.25. The number of thiophene rings is 1. The van der Waals surface area contributed by atoms with E-state index in [9.17, 15) is 13.2 Å². The lowest BCUT2D eigenvalue weighted by Gasteiger charge is -2.12. The van der Waals surface area contributed by atoms with Crippen molar-refractivity contribution in [2.45, 2.75) is 18.1 Å². The summed E-state index contributed by atoms with van der Waals surface area (Å²) < 4.78 is 43.9. The van der Waals surface area contributed by atoms with Crippen LogP contribution in [0.25, 0.3) is 12.2 Å². The topological polar surface area (TPSA) is 120 Å². The summed E-state index contributed by atoms with van der Waals surface area (Å²) in [4.78, 5) is 12.0. The highest BCUT2D eigenvalue weighted by atomic mass is 32.2. The maximum atomic E-state index is 12.8. The second-order valence-electron chi connectivity index (χ2n) is 6.35. The molecule has 0 aliphatic carbocycles. The zero-order chi connectivity index (χ0) is 22.6. The molecule has 1 amide bonds. The molecule has 0 radical (unpaired) electrons. The van der Waals surface area contributed by atoms with Gasteiger partial charge in [0.1, 0.15) is 27.1 Å². The lowest BCUT2D eigenvalue weighted by molar-refractivity contribution is -0.114. The van der Waals surface area contributed by atoms with Crippen molar-refractivity contribution >= 4 is 50.8 Å². The van der Waals surface area contributed by atoms with Crippen LogP contribution in [0.2, 0.25) is 0 Å². The molecule has 2 heterocycles. The highest BCUT2D eigenvalue weighted by Crippen LogP contribution is 2.33. The number of carbonyl (C=O) groups excluding carboxylic acids is 1. The third-order valence-electron chi connectivity index (χ3n) is 4.11. The Hall–Kier alpha value is -3.31. The Morgan fingerprint density at radius 3 is 2.61 bits per heavy atom. The van der Waals surface area contributed by atoms with Crippen LogP contribution in [0.1, 0.15) is 23.3 Å². The zero-order valence-corrected chi connectivity index (χ0v) is 18.9. The van der Waals surface area contributed by atoms with Gasteiger partial charge in [-0.05, 0) is 43.3 Å². The molecule has 0 aliphatic heterocycles. The number of nitrogens with one attached hydrogen (secondary N) is 2. The minimum Gasteiger partial charge on any atom is -0.497 e. The van der Waals surface area contributed by atoms with Crippen LogP contribution < -0.4 is 19.5 Å². The van der Waals surface area contributed by atoms with E-state index in [4.69, 9.17) is 14.0 Å². The molecule has 3 rings (SSSR count). The number of aryl methyl sites for hydroxylation is 1. The number of anilines is 2. The third-order valence-corrected chi connectivity index (χ3v) is 7.01. The average molecular weight is 464 g/mol. The van der Waals surface area contributed by atoms with Gasteiger partial charge in [-0.3, -0.25) is 9.52 Å². The van der Waals surface area contributed by atoms with Gasteiger partial charge in [-0.15, -0.1) is 11.3 Å². The molecule has 0 atom stereocenters. The van der Waals surface area contributed by atoms with Gasteiger partial charge in [0.15, 0.2) is 5.76 Å². The summed E-state index contributed by atoms with van der Waals surface area (Å²) in [6, 6.07) is 8.00. The Labute approximate surface area is 183 Å². The monoisotopic (exact) mass is 463 g/mol. The Kier molecular flexibility index (Phi) is 6.66. The van der Waals surface area contributed by atoms with Gasteiger partial charge in [-0.1, -0.05) is 5.16 Å². The van der Waals surface area contributed by atoms with Gasteiger partial charge in [-0.25, -0.2) is 8.42 Å². The van der Waals surface area contributed by atoms with Crippen LogP contribution in [0, 0.1) is 6.92 Å². The molecule has 2 N–H and O–H groups in total. The maximum absolute atomic E-state index is 12.8. The van der Waals surface area contributed by atoms with Gasteiger partial charge < -0.3 is 19.3 Å². The van der Waals surface area contributed by atoms with E-state index in [2.05, 4.69) is 15.2 Å². The first-order valence-corrected chi connectivity index (χ1v) is 11.3. The molecular formula is C20H21N3O6S2. The van der Waals surface area contributed by atoms with Crippen molar-refractivity contribution in [3.05, 3.63) is 46.7 Å². The summed E-state index contributed by atoms with van der Waals surface area (Å²) >= 11 is 1.07. The van der Waals surface area contributed by atoms with E-state index in [0.29, 0.717) is 33.5 Å². The number of carbonyl (C=O) groups is 1. The number of amides is 1. The lowest BCUT2D eigenvalue weighted by Crippen LogP contribution is -2.12. The van der Waals surface area contributed by atoms with Crippen LogP contribution in [0.15, 0.2) is 39.1 Å². The SMILES string of the molecule is COc1ccc(OC)c(NS(=O)(=O)c2ccc(/C=C/c3onc(C)c3NC(C)=O)s2)c1. The Morgan fingerprint density at radius 2 is 1.94 bits per heavy atom. The van der Waals surface area contributed by atoms with E-state index in [1.54, 1.807) is 43.3 Å². The fourth-order valence-electron chi connectivity index (χ4n) is 2.64. The summed E-state index contributed by atoms with van der Waals surface area (Å²) in [5.41, 5.74) is 1.28. The number of hydrogen-bond acceptors (Lipinski definition) is 8. The summed E-state index contributed by atoms with van der Waals surface area (Å²) in [5, 5.41) is 6.50. The second kappa shape index (κ2) is 9.23. The molecule has 11 heteroatoms. The molecule has 9 nitrogen and oxygen atoms in total. The van der Waals surface area contributed by atoms with E-state index < -0.39 is 10.0 Å². The normalized spacial score (nSPS) is 11.5. The van der Waals surface area contributed by atoms with Gasteiger partial charge >= 0.3 is 0 Å². The van der Waals surface area contributed by atoms with Gasteiger partial charge in [-0.2, -0.15) is 0 Å². The van der Waals surface area contributed by atoms with Crippen molar-refractivity contribution in [1.29, 1.82) is 0 Å². The number of methoxy groups -OCH3 is 2. The largest absolute Gasteiger partial charge is 0.497 e. The van der Waals surface area contributed by atoms with Crippen molar-refractivity contribution in [2.75, 3.05) is 24.3 Å². The quantitative estimate of drug-likeness (QED) is 0.518. The van der Waals surface area contributed by atoms with Gasteiger partial charge in [0.05, 0.1) is 19.9 Å². The van der Waals surface area contributed by atoms with E-state index in [1.165, 1.54) is 27.2 Å². The summed E-state index contributed by atoms with van der Waals surface area (Å²) in [6.07, 6.45) is 3.30. The number of hydrogen-bond donors (Lipinski definition) is 2. The molecule has 0 saturated heterocycles. The molecule has 1 aromatic carbocycles. The van der Waals surface area contributed by atoms with E-state index in [0.717, 1.165) is 11.3 Å². The number of nitrogens with zero attached hydrogens (tertiary/aromatic N) is 1. The van der Waals surface area contributed by atoms with Crippen LogP contribution in [-0.2, 0) is 14.8 Å². The molecule has 0 spiro atoms. The minimum atomic E-state index is -3.85.